The summed E-state index contributed by atoms with van der Waals surface area (Å²) in [5.74, 6) is 2.41. The van der Waals surface area contributed by atoms with Crippen LogP contribution in [0.1, 0.15) is 5.89 Å². The lowest BCUT2D eigenvalue weighted by atomic mass is 10.1. The third-order valence-corrected chi connectivity index (χ3v) is 4.11. The minimum Gasteiger partial charge on any atom is -0.497 e. The first-order chi connectivity index (χ1) is 14.1. The van der Waals surface area contributed by atoms with Gasteiger partial charge in [-0.15, -0.1) is 0 Å². The van der Waals surface area contributed by atoms with E-state index in [1.807, 2.05) is 48.5 Å². The Morgan fingerprint density at radius 2 is 1.69 bits per heavy atom. The molecule has 1 amide bonds. The Balaban J connectivity index is 1.94. The second kappa shape index (κ2) is 9.61. The highest BCUT2D eigenvalue weighted by Gasteiger charge is 2.18. The van der Waals surface area contributed by atoms with Gasteiger partial charge >= 0.3 is 6.09 Å². The van der Waals surface area contributed by atoms with E-state index in [-0.39, 0.29) is 6.54 Å². The molecular formula is C21H23N3O5. The summed E-state index contributed by atoms with van der Waals surface area (Å²) in [5, 5.41) is 2.57. The maximum atomic E-state index is 11.4. The number of nitrogens with one attached hydrogen (secondary N) is 1. The number of hydrogen-bond donors (Lipinski definition) is 2. The van der Waals surface area contributed by atoms with Crippen LogP contribution in [0.15, 0.2) is 52.9 Å². The molecule has 8 heteroatoms. The van der Waals surface area contributed by atoms with Gasteiger partial charge in [-0.25, -0.2) is 9.78 Å². The monoisotopic (exact) mass is 397 g/mol. The molecule has 8 nitrogen and oxygen atoms in total. The highest BCUT2D eigenvalue weighted by Crippen LogP contribution is 2.34. The molecule has 0 aliphatic heterocycles. The van der Waals surface area contributed by atoms with Gasteiger partial charge in [-0.2, -0.15) is 0 Å². The van der Waals surface area contributed by atoms with Crippen LogP contribution >= 0.6 is 0 Å². The number of carbonyl (C=O) groups is 1. The van der Waals surface area contributed by atoms with Crippen LogP contribution in [0.3, 0.4) is 0 Å². The molecule has 3 rings (SSSR count). The quantitative estimate of drug-likeness (QED) is 0.601. The second-order valence-corrected chi connectivity index (χ2v) is 6.02. The van der Waals surface area contributed by atoms with Gasteiger partial charge in [0.2, 0.25) is 5.89 Å². The Morgan fingerprint density at radius 1 is 1.03 bits per heavy atom. The Hall–Kier alpha value is -3.52. The summed E-state index contributed by atoms with van der Waals surface area (Å²) in [6.45, 7) is 0.998. The molecule has 0 saturated carbocycles. The van der Waals surface area contributed by atoms with E-state index in [2.05, 4.69) is 15.0 Å². The molecule has 0 spiro atoms. The van der Waals surface area contributed by atoms with Gasteiger partial charge in [-0.1, -0.05) is 0 Å². The number of hydrogen-bond acceptors (Lipinski definition) is 7. The molecule has 0 aliphatic carbocycles. The van der Waals surface area contributed by atoms with Crippen molar-refractivity contribution in [2.24, 2.45) is 5.73 Å². The topological polar surface area (TPSA) is 109 Å². The van der Waals surface area contributed by atoms with Gasteiger partial charge < -0.3 is 29.7 Å². The van der Waals surface area contributed by atoms with Crippen LogP contribution in [0.4, 0.5) is 4.79 Å². The Morgan fingerprint density at radius 3 is 2.31 bits per heavy atom. The van der Waals surface area contributed by atoms with Crippen molar-refractivity contribution in [2.75, 3.05) is 27.4 Å². The number of aromatic nitrogens is 1. The van der Waals surface area contributed by atoms with E-state index in [0.29, 0.717) is 30.5 Å². The van der Waals surface area contributed by atoms with Crippen molar-refractivity contribution in [3.05, 3.63) is 54.4 Å². The minimum atomic E-state index is -0.558. The van der Waals surface area contributed by atoms with Crippen molar-refractivity contribution in [3.8, 4) is 34.1 Å². The number of carbonyl (C=O) groups excluding carboxylic acids is 1. The molecule has 2 aromatic carbocycles. The first kappa shape index (κ1) is 20.2. The zero-order valence-corrected chi connectivity index (χ0v) is 16.3. The molecule has 152 valence electrons. The Kier molecular flexibility index (Phi) is 6.70. The van der Waals surface area contributed by atoms with E-state index >= 15 is 0 Å². The predicted molar refractivity (Wildman–Crippen MR) is 108 cm³/mol. The summed E-state index contributed by atoms with van der Waals surface area (Å²) >= 11 is 0. The van der Waals surface area contributed by atoms with Crippen molar-refractivity contribution < 1.29 is 23.4 Å². The van der Waals surface area contributed by atoms with E-state index in [4.69, 9.17) is 19.6 Å². The number of nitrogens with zero attached hydrogens (tertiary/aromatic N) is 1. The lowest BCUT2D eigenvalue weighted by Crippen LogP contribution is -2.22. The molecule has 0 atom stereocenters. The number of oxazole rings is 1. The fourth-order valence-electron chi connectivity index (χ4n) is 2.68. The summed E-state index contributed by atoms with van der Waals surface area (Å²) in [7, 11) is 2.91. The molecule has 0 radical (unpaired) electrons. The summed E-state index contributed by atoms with van der Waals surface area (Å²) < 4.78 is 21.3. The molecule has 0 aliphatic rings. The highest BCUT2D eigenvalue weighted by molar-refractivity contribution is 5.77. The molecule has 1 heterocycles. The van der Waals surface area contributed by atoms with E-state index in [1.54, 1.807) is 7.11 Å². The number of nitrogens with two attached hydrogens (primary N) is 1. The van der Waals surface area contributed by atoms with Crippen molar-refractivity contribution in [1.29, 1.82) is 0 Å². The zero-order valence-electron chi connectivity index (χ0n) is 16.3. The van der Waals surface area contributed by atoms with Gasteiger partial charge in [-0.05, 0) is 48.5 Å². The number of rotatable bonds is 8. The van der Waals surface area contributed by atoms with Gasteiger partial charge in [0.25, 0.3) is 0 Å². The van der Waals surface area contributed by atoms with Gasteiger partial charge in [0.05, 0.1) is 20.8 Å². The average molecular weight is 397 g/mol. The number of amides is 1. The molecule has 3 aromatic rings. The Labute approximate surface area is 168 Å². The molecular weight excluding hydrogens is 374 g/mol. The standard InChI is InChI=1S/C21H23N3O5/c1-26-16-7-3-14(4-8-16)19-20(29-18(24-19)13-23-21(25)27-2)15-5-9-17(10-6-15)28-12-11-22/h3-10H,11-13,22H2,1-2H3,(H,23,25). The van der Waals surface area contributed by atoms with E-state index in [1.165, 1.54) is 7.11 Å². The smallest absolute Gasteiger partial charge is 0.407 e. The van der Waals surface area contributed by atoms with Gasteiger partial charge in [0.1, 0.15) is 23.8 Å². The zero-order chi connectivity index (χ0) is 20.6. The van der Waals surface area contributed by atoms with Crippen LogP contribution in [0, 0.1) is 0 Å². The third-order valence-electron chi connectivity index (χ3n) is 4.11. The number of benzene rings is 2. The first-order valence-electron chi connectivity index (χ1n) is 9.04. The van der Waals surface area contributed by atoms with E-state index in [9.17, 15) is 4.79 Å². The van der Waals surface area contributed by atoms with E-state index < -0.39 is 6.09 Å². The van der Waals surface area contributed by atoms with Crippen LogP contribution in [0.2, 0.25) is 0 Å². The molecule has 29 heavy (non-hydrogen) atoms. The van der Waals surface area contributed by atoms with Crippen LogP contribution in [-0.4, -0.2) is 38.4 Å². The van der Waals surface area contributed by atoms with Crippen LogP contribution in [0.5, 0.6) is 11.5 Å². The van der Waals surface area contributed by atoms with Gasteiger partial charge in [0, 0.05) is 17.7 Å². The predicted octanol–water partition coefficient (Wildman–Crippen LogP) is 3.21. The largest absolute Gasteiger partial charge is 0.497 e. The van der Waals surface area contributed by atoms with Crippen molar-refractivity contribution in [2.45, 2.75) is 6.54 Å². The number of methoxy groups -OCH3 is 2. The molecule has 3 N–H and O–H groups in total. The average Bonchev–Trinajstić information content (AvgIpc) is 3.20. The number of ether oxygens (including phenoxy) is 3. The third kappa shape index (κ3) is 5.05. The normalized spacial score (nSPS) is 10.4. The lowest BCUT2D eigenvalue weighted by Gasteiger charge is -2.06. The van der Waals surface area contributed by atoms with Crippen molar-refractivity contribution >= 4 is 6.09 Å². The SMILES string of the molecule is COC(=O)NCc1nc(-c2ccc(OC)cc2)c(-c2ccc(OCCN)cc2)o1. The molecule has 0 bridgehead atoms. The molecule has 0 saturated heterocycles. The molecule has 1 aromatic heterocycles. The Bertz CT molecular complexity index is 936. The van der Waals surface area contributed by atoms with E-state index in [0.717, 1.165) is 22.6 Å². The second-order valence-electron chi connectivity index (χ2n) is 6.02. The van der Waals surface area contributed by atoms with Gasteiger partial charge in [-0.3, -0.25) is 0 Å². The van der Waals surface area contributed by atoms with Crippen LogP contribution in [0.25, 0.3) is 22.6 Å². The fourth-order valence-corrected chi connectivity index (χ4v) is 2.68. The van der Waals surface area contributed by atoms with Crippen LogP contribution < -0.4 is 20.5 Å². The lowest BCUT2D eigenvalue weighted by molar-refractivity contribution is 0.169. The summed E-state index contributed by atoms with van der Waals surface area (Å²) in [6, 6.07) is 15.0. The summed E-state index contributed by atoms with van der Waals surface area (Å²) in [5.41, 5.74) is 7.81. The minimum absolute atomic E-state index is 0.105. The highest BCUT2D eigenvalue weighted by atomic mass is 16.5. The summed E-state index contributed by atoms with van der Waals surface area (Å²) in [6.07, 6.45) is -0.558. The van der Waals surface area contributed by atoms with Gasteiger partial charge in [0.15, 0.2) is 5.76 Å². The molecule has 0 fully saturated rings. The van der Waals surface area contributed by atoms with Crippen LogP contribution in [-0.2, 0) is 11.3 Å². The van der Waals surface area contributed by atoms with Crippen molar-refractivity contribution in [3.63, 3.8) is 0 Å². The summed E-state index contributed by atoms with van der Waals surface area (Å²) in [4.78, 5) is 15.9. The maximum Gasteiger partial charge on any atom is 0.407 e. The fraction of sp³-hybridized carbons (Fsp3) is 0.238. The maximum absolute atomic E-state index is 11.4. The molecule has 0 unspecified atom stereocenters. The first-order valence-corrected chi connectivity index (χ1v) is 9.04. The van der Waals surface area contributed by atoms with Crippen molar-refractivity contribution in [1.82, 2.24) is 10.3 Å². The number of alkyl carbamates (subject to hydrolysis) is 1.